The predicted octanol–water partition coefficient (Wildman–Crippen LogP) is 2.23. The lowest BCUT2D eigenvalue weighted by molar-refractivity contribution is 0.0732. The summed E-state index contributed by atoms with van der Waals surface area (Å²) < 4.78 is 12.4. The molecule has 0 saturated carbocycles. The maximum Gasteiger partial charge on any atom is 0.332 e. The van der Waals surface area contributed by atoms with Crippen molar-refractivity contribution in [2.75, 3.05) is 39.9 Å². The number of piperazine rings is 1. The number of hydrogen-bond acceptors (Lipinski definition) is 7. The van der Waals surface area contributed by atoms with Crippen molar-refractivity contribution in [3.05, 3.63) is 64.7 Å². The van der Waals surface area contributed by atoms with E-state index in [2.05, 4.69) is 15.3 Å². The Morgan fingerprint density at radius 1 is 1.06 bits per heavy atom. The Balaban J connectivity index is 1.73. The van der Waals surface area contributed by atoms with Gasteiger partial charge in [-0.15, -0.1) is 0 Å². The molecule has 2 aromatic carbocycles. The van der Waals surface area contributed by atoms with Crippen LogP contribution in [0.15, 0.2) is 53.3 Å². The Morgan fingerprint density at radius 3 is 2.51 bits per heavy atom. The highest BCUT2D eigenvalue weighted by Crippen LogP contribution is 2.27. The highest BCUT2D eigenvalue weighted by molar-refractivity contribution is 6.03. The van der Waals surface area contributed by atoms with Gasteiger partial charge >= 0.3 is 5.69 Å². The van der Waals surface area contributed by atoms with Crippen molar-refractivity contribution >= 4 is 17.1 Å². The standard InChI is InChI=1S/C25H26N6O4/c1-3-35-17-10-8-16(9-11-17)22-27-21(24(32)30-14-12-26-13-15-30)20-23(29-22)31(25(33)28-20)18-6-4-5-7-19(18)34-2/h4-11,26H,3,12-15H2,1-2H3,(H,28,33). The van der Waals surface area contributed by atoms with Gasteiger partial charge in [-0.05, 0) is 43.3 Å². The number of benzene rings is 2. The van der Waals surface area contributed by atoms with Crippen molar-refractivity contribution in [1.82, 2.24) is 29.7 Å². The number of carbonyl (C=O) groups excluding carboxylic acids is 1. The van der Waals surface area contributed by atoms with Crippen LogP contribution in [0.4, 0.5) is 0 Å². The van der Waals surface area contributed by atoms with Crippen LogP contribution in [0.3, 0.4) is 0 Å². The van der Waals surface area contributed by atoms with Crippen molar-refractivity contribution in [3.63, 3.8) is 0 Å². The third-order valence-corrected chi connectivity index (χ3v) is 5.89. The van der Waals surface area contributed by atoms with Crippen LogP contribution in [-0.2, 0) is 0 Å². The summed E-state index contributed by atoms with van der Waals surface area (Å²) in [6.07, 6.45) is 0. The van der Waals surface area contributed by atoms with Gasteiger partial charge in [0.05, 0.1) is 19.4 Å². The van der Waals surface area contributed by atoms with Gasteiger partial charge in [0.15, 0.2) is 17.2 Å². The second-order valence-electron chi connectivity index (χ2n) is 8.03. The molecule has 2 N–H and O–H groups in total. The molecule has 10 heteroatoms. The Morgan fingerprint density at radius 2 is 1.80 bits per heavy atom. The third kappa shape index (κ3) is 4.24. The van der Waals surface area contributed by atoms with Gasteiger partial charge in [-0.3, -0.25) is 4.79 Å². The lowest BCUT2D eigenvalue weighted by atomic mass is 10.2. The number of para-hydroxylation sites is 2. The number of nitrogens with one attached hydrogen (secondary N) is 2. The SMILES string of the molecule is CCOc1ccc(-c2nc(C(=O)N3CCNCC3)c3[nH]c(=O)n(-c4ccccc4OC)c3n2)cc1. The van der Waals surface area contributed by atoms with Crippen molar-refractivity contribution in [1.29, 1.82) is 0 Å². The predicted molar refractivity (Wildman–Crippen MR) is 131 cm³/mol. The summed E-state index contributed by atoms with van der Waals surface area (Å²) in [5, 5.41) is 3.24. The average molecular weight is 475 g/mol. The Labute approximate surface area is 201 Å². The zero-order valence-electron chi connectivity index (χ0n) is 19.6. The van der Waals surface area contributed by atoms with E-state index in [9.17, 15) is 9.59 Å². The molecule has 1 fully saturated rings. The first-order valence-corrected chi connectivity index (χ1v) is 11.5. The molecule has 3 heterocycles. The monoisotopic (exact) mass is 474 g/mol. The molecule has 1 saturated heterocycles. The van der Waals surface area contributed by atoms with Crippen LogP contribution in [0.25, 0.3) is 28.2 Å². The first-order valence-electron chi connectivity index (χ1n) is 11.5. The smallest absolute Gasteiger partial charge is 0.332 e. The summed E-state index contributed by atoms with van der Waals surface area (Å²) in [4.78, 5) is 40.6. The van der Waals surface area contributed by atoms with E-state index in [4.69, 9.17) is 14.5 Å². The second kappa shape index (κ2) is 9.59. The van der Waals surface area contributed by atoms with E-state index in [1.165, 1.54) is 4.57 Å². The molecule has 0 unspecified atom stereocenters. The summed E-state index contributed by atoms with van der Waals surface area (Å²) in [5.41, 5.74) is 1.53. The number of fused-ring (bicyclic) bond motifs is 1. The number of aromatic nitrogens is 4. The number of carbonyl (C=O) groups is 1. The van der Waals surface area contributed by atoms with Crippen LogP contribution < -0.4 is 20.5 Å². The molecule has 180 valence electrons. The highest BCUT2D eigenvalue weighted by Gasteiger charge is 2.26. The molecule has 0 bridgehead atoms. The molecule has 5 rings (SSSR count). The van der Waals surface area contributed by atoms with E-state index in [1.54, 1.807) is 24.1 Å². The molecular formula is C25H26N6O4. The van der Waals surface area contributed by atoms with Crippen molar-refractivity contribution in [2.24, 2.45) is 0 Å². The molecule has 10 nitrogen and oxygen atoms in total. The summed E-state index contributed by atoms with van der Waals surface area (Å²) in [6, 6.07) is 14.5. The van der Waals surface area contributed by atoms with E-state index >= 15 is 0 Å². The number of methoxy groups -OCH3 is 1. The quantitative estimate of drug-likeness (QED) is 0.440. The molecule has 0 spiro atoms. The Kier molecular flexibility index (Phi) is 6.19. The van der Waals surface area contributed by atoms with Crippen LogP contribution >= 0.6 is 0 Å². The zero-order chi connectivity index (χ0) is 24.4. The molecule has 0 atom stereocenters. The maximum absolute atomic E-state index is 13.5. The highest BCUT2D eigenvalue weighted by atomic mass is 16.5. The molecule has 0 radical (unpaired) electrons. The Hall–Kier alpha value is -4.18. The lowest BCUT2D eigenvalue weighted by Gasteiger charge is -2.27. The summed E-state index contributed by atoms with van der Waals surface area (Å²) in [6.45, 7) is 4.98. The molecule has 0 aliphatic carbocycles. The van der Waals surface area contributed by atoms with Crippen molar-refractivity contribution in [3.8, 4) is 28.6 Å². The van der Waals surface area contributed by atoms with Gasteiger partial charge in [0.1, 0.15) is 17.0 Å². The fraction of sp³-hybridized carbons (Fsp3) is 0.280. The number of imidazole rings is 1. The number of H-pyrrole nitrogens is 1. The van der Waals surface area contributed by atoms with Gasteiger partial charge in [-0.2, -0.15) is 0 Å². The van der Waals surface area contributed by atoms with E-state index < -0.39 is 5.69 Å². The van der Waals surface area contributed by atoms with Crippen LogP contribution in [0, 0.1) is 0 Å². The molecule has 2 aromatic heterocycles. The molecule has 4 aromatic rings. The number of hydrogen-bond donors (Lipinski definition) is 2. The minimum atomic E-state index is -0.433. The number of rotatable bonds is 6. The van der Waals surface area contributed by atoms with Gasteiger partial charge in [0, 0.05) is 31.7 Å². The fourth-order valence-electron chi connectivity index (χ4n) is 4.19. The van der Waals surface area contributed by atoms with Crippen LogP contribution in [0.2, 0.25) is 0 Å². The molecular weight excluding hydrogens is 448 g/mol. The van der Waals surface area contributed by atoms with E-state index in [1.807, 2.05) is 43.3 Å². The second-order valence-corrected chi connectivity index (χ2v) is 8.03. The molecule has 1 aliphatic rings. The van der Waals surface area contributed by atoms with Gasteiger partial charge in [-0.25, -0.2) is 19.3 Å². The minimum Gasteiger partial charge on any atom is -0.495 e. The van der Waals surface area contributed by atoms with Crippen LogP contribution in [0.1, 0.15) is 17.4 Å². The average Bonchev–Trinajstić information content (AvgIpc) is 3.24. The van der Waals surface area contributed by atoms with Crippen molar-refractivity contribution < 1.29 is 14.3 Å². The largest absolute Gasteiger partial charge is 0.495 e. The number of ether oxygens (including phenoxy) is 2. The van der Waals surface area contributed by atoms with Gasteiger partial charge in [0.2, 0.25) is 0 Å². The van der Waals surface area contributed by atoms with Gasteiger partial charge in [-0.1, -0.05) is 12.1 Å². The first-order chi connectivity index (χ1) is 17.1. The van der Waals surface area contributed by atoms with E-state index in [-0.39, 0.29) is 11.6 Å². The summed E-state index contributed by atoms with van der Waals surface area (Å²) >= 11 is 0. The summed E-state index contributed by atoms with van der Waals surface area (Å²) in [5.74, 6) is 1.31. The zero-order valence-corrected chi connectivity index (χ0v) is 19.6. The van der Waals surface area contributed by atoms with Gasteiger partial charge < -0.3 is 24.7 Å². The maximum atomic E-state index is 13.5. The minimum absolute atomic E-state index is 0.159. The lowest BCUT2D eigenvalue weighted by Crippen LogP contribution is -2.46. The molecule has 1 aliphatic heterocycles. The third-order valence-electron chi connectivity index (χ3n) is 5.89. The van der Waals surface area contributed by atoms with Crippen LogP contribution in [0.5, 0.6) is 11.5 Å². The summed E-state index contributed by atoms with van der Waals surface area (Å²) in [7, 11) is 1.54. The normalized spacial score (nSPS) is 13.7. The fourth-order valence-corrected chi connectivity index (χ4v) is 4.19. The number of nitrogens with zero attached hydrogens (tertiary/aromatic N) is 4. The molecule has 1 amide bonds. The molecule has 35 heavy (non-hydrogen) atoms. The van der Waals surface area contributed by atoms with Crippen LogP contribution in [-0.4, -0.2) is 70.2 Å². The van der Waals surface area contributed by atoms with E-state index in [0.717, 1.165) is 5.75 Å². The van der Waals surface area contributed by atoms with Crippen molar-refractivity contribution in [2.45, 2.75) is 6.92 Å². The van der Waals surface area contributed by atoms with Gasteiger partial charge in [0.25, 0.3) is 5.91 Å². The Bertz CT molecular complexity index is 1420. The topological polar surface area (TPSA) is 114 Å². The number of amides is 1. The first kappa shape index (κ1) is 22.6. The van der Waals surface area contributed by atoms with E-state index in [0.29, 0.717) is 66.8 Å². The number of aromatic amines is 1.